The van der Waals surface area contributed by atoms with Gasteiger partial charge in [0.25, 0.3) is 0 Å². The Morgan fingerprint density at radius 2 is 1.93 bits per heavy atom. The van der Waals surface area contributed by atoms with Crippen LogP contribution in [-0.2, 0) is 13.0 Å². The molecule has 2 N–H and O–H groups in total. The van der Waals surface area contributed by atoms with Gasteiger partial charge in [-0.2, -0.15) is 0 Å². The van der Waals surface area contributed by atoms with Crippen LogP contribution in [0.1, 0.15) is 56.2 Å². The van der Waals surface area contributed by atoms with Crippen LogP contribution < -0.4 is 5.73 Å². The lowest BCUT2D eigenvalue weighted by molar-refractivity contribution is 0.752. The SMILES string of the molecule is CCCCc1cncc(CN)c1C(C)C. The van der Waals surface area contributed by atoms with Crippen molar-refractivity contribution in [2.75, 3.05) is 0 Å². The Morgan fingerprint density at radius 3 is 2.47 bits per heavy atom. The Morgan fingerprint density at radius 1 is 1.27 bits per heavy atom. The summed E-state index contributed by atoms with van der Waals surface area (Å²) in [5, 5.41) is 0. The van der Waals surface area contributed by atoms with Gasteiger partial charge in [0.05, 0.1) is 0 Å². The number of hydrogen-bond acceptors (Lipinski definition) is 2. The standard InChI is InChI=1S/C13H22N2/c1-4-5-6-11-8-15-9-12(7-14)13(11)10(2)3/h8-10H,4-7,14H2,1-3H3. The minimum absolute atomic E-state index is 0.540. The van der Waals surface area contributed by atoms with Gasteiger partial charge >= 0.3 is 0 Å². The third kappa shape index (κ3) is 3.03. The van der Waals surface area contributed by atoms with Crippen LogP contribution in [0.4, 0.5) is 0 Å². The highest BCUT2D eigenvalue weighted by Crippen LogP contribution is 2.24. The molecule has 84 valence electrons. The van der Waals surface area contributed by atoms with E-state index >= 15 is 0 Å². The first-order valence-corrected chi connectivity index (χ1v) is 5.86. The zero-order chi connectivity index (χ0) is 11.3. The fourth-order valence-electron chi connectivity index (χ4n) is 2.03. The molecule has 0 aliphatic carbocycles. The molecule has 0 bridgehead atoms. The predicted molar refractivity (Wildman–Crippen MR) is 64.8 cm³/mol. The molecule has 0 unspecified atom stereocenters. The first-order valence-electron chi connectivity index (χ1n) is 5.86. The number of nitrogens with zero attached hydrogens (tertiary/aromatic N) is 1. The highest BCUT2D eigenvalue weighted by molar-refractivity contribution is 5.34. The zero-order valence-electron chi connectivity index (χ0n) is 10.1. The van der Waals surface area contributed by atoms with Gasteiger partial charge in [-0.1, -0.05) is 27.2 Å². The maximum Gasteiger partial charge on any atom is 0.0315 e. The van der Waals surface area contributed by atoms with Crippen LogP contribution in [0, 0.1) is 0 Å². The van der Waals surface area contributed by atoms with Crippen LogP contribution >= 0.6 is 0 Å². The van der Waals surface area contributed by atoms with Crippen molar-refractivity contribution in [3.63, 3.8) is 0 Å². The zero-order valence-corrected chi connectivity index (χ0v) is 10.1. The van der Waals surface area contributed by atoms with Crippen molar-refractivity contribution < 1.29 is 0 Å². The maximum absolute atomic E-state index is 5.75. The van der Waals surface area contributed by atoms with Crippen LogP contribution in [0.5, 0.6) is 0 Å². The normalized spacial score (nSPS) is 11.0. The third-order valence-corrected chi connectivity index (χ3v) is 2.75. The summed E-state index contributed by atoms with van der Waals surface area (Å²) in [6.07, 6.45) is 7.50. The van der Waals surface area contributed by atoms with Crippen LogP contribution in [0.15, 0.2) is 12.4 Å². The molecule has 0 spiro atoms. The van der Waals surface area contributed by atoms with E-state index in [1.54, 1.807) is 0 Å². The van der Waals surface area contributed by atoms with Gasteiger partial charge in [-0.3, -0.25) is 4.98 Å². The van der Waals surface area contributed by atoms with E-state index < -0.39 is 0 Å². The van der Waals surface area contributed by atoms with Crippen molar-refractivity contribution >= 4 is 0 Å². The van der Waals surface area contributed by atoms with E-state index in [4.69, 9.17) is 5.73 Å². The molecular formula is C13H22N2. The van der Waals surface area contributed by atoms with E-state index in [0.29, 0.717) is 12.5 Å². The van der Waals surface area contributed by atoms with Crippen LogP contribution in [0.25, 0.3) is 0 Å². The molecule has 2 nitrogen and oxygen atoms in total. The van der Waals surface area contributed by atoms with Crippen molar-refractivity contribution in [1.82, 2.24) is 4.98 Å². The number of aryl methyl sites for hydroxylation is 1. The molecule has 2 heteroatoms. The molecular weight excluding hydrogens is 184 g/mol. The van der Waals surface area contributed by atoms with Gasteiger partial charge in [0, 0.05) is 18.9 Å². The van der Waals surface area contributed by atoms with Crippen molar-refractivity contribution in [2.45, 2.75) is 52.5 Å². The Labute approximate surface area is 92.9 Å². The predicted octanol–water partition coefficient (Wildman–Crippen LogP) is 3.01. The summed E-state index contributed by atoms with van der Waals surface area (Å²) in [4.78, 5) is 4.27. The number of pyridine rings is 1. The van der Waals surface area contributed by atoms with E-state index in [2.05, 4.69) is 25.8 Å². The van der Waals surface area contributed by atoms with E-state index in [1.807, 2.05) is 12.4 Å². The Balaban J connectivity index is 3.02. The summed E-state index contributed by atoms with van der Waals surface area (Å²) < 4.78 is 0. The van der Waals surface area contributed by atoms with Gasteiger partial charge < -0.3 is 5.73 Å². The van der Waals surface area contributed by atoms with Crippen molar-refractivity contribution in [2.24, 2.45) is 5.73 Å². The molecule has 0 aliphatic heterocycles. The van der Waals surface area contributed by atoms with Gasteiger partial charge in [-0.05, 0) is 35.4 Å². The summed E-state index contributed by atoms with van der Waals surface area (Å²) in [6, 6.07) is 0. The lowest BCUT2D eigenvalue weighted by Crippen LogP contribution is -2.07. The van der Waals surface area contributed by atoms with Gasteiger partial charge in [0.15, 0.2) is 0 Å². The average molecular weight is 206 g/mol. The fourth-order valence-corrected chi connectivity index (χ4v) is 2.03. The monoisotopic (exact) mass is 206 g/mol. The Bertz CT molecular complexity index is 305. The molecule has 0 amide bonds. The summed E-state index contributed by atoms with van der Waals surface area (Å²) in [6.45, 7) is 7.27. The largest absolute Gasteiger partial charge is 0.326 e. The number of unbranched alkanes of at least 4 members (excludes halogenated alkanes) is 1. The summed E-state index contributed by atoms with van der Waals surface area (Å²) in [7, 11) is 0. The molecule has 1 rings (SSSR count). The first kappa shape index (κ1) is 12.2. The number of aromatic nitrogens is 1. The number of nitrogens with two attached hydrogens (primary N) is 1. The second kappa shape index (κ2) is 5.86. The molecule has 0 aliphatic rings. The lowest BCUT2D eigenvalue weighted by atomic mass is 9.92. The fraction of sp³-hybridized carbons (Fsp3) is 0.615. The Kier molecular flexibility index (Phi) is 4.76. The molecule has 0 radical (unpaired) electrons. The van der Waals surface area contributed by atoms with E-state index in [-0.39, 0.29) is 0 Å². The second-order valence-corrected chi connectivity index (χ2v) is 4.33. The first-order chi connectivity index (χ1) is 7.20. The number of rotatable bonds is 5. The minimum Gasteiger partial charge on any atom is -0.326 e. The molecule has 0 aromatic carbocycles. The average Bonchev–Trinajstić information content (AvgIpc) is 2.25. The lowest BCUT2D eigenvalue weighted by Gasteiger charge is -2.16. The van der Waals surface area contributed by atoms with Crippen molar-refractivity contribution in [3.8, 4) is 0 Å². The second-order valence-electron chi connectivity index (χ2n) is 4.33. The molecule has 1 aromatic heterocycles. The van der Waals surface area contributed by atoms with Crippen molar-refractivity contribution in [3.05, 3.63) is 29.1 Å². The van der Waals surface area contributed by atoms with Gasteiger partial charge in [0.1, 0.15) is 0 Å². The molecule has 0 atom stereocenters. The van der Waals surface area contributed by atoms with Crippen molar-refractivity contribution in [1.29, 1.82) is 0 Å². The van der Waals surface area contributed by atoms with E-state index in [1.165, 1.54) is 29.5 Å². The summed E-state index contributed by atoms with van der Waals surface area (Å²) in [5.41, 5.74) is 9.75. The summed E-state index contributed by atoms with van der Waals surface area (Å²) in [5.74, 6) is 0.540. The topological polar surface area (TPSA) is 38.9 Å². The molecule has 0 fully saturated rings. The smallest absolute Gasteiger partial charge is 0.0315 e. The van der Waals surface area contributed by atoms with Crippen LogP contribution in [-0.4, -0.2) is 4.98 Å². The molecule has 0 saturated carbocycles. The van der Waals surface area contributed by atoms with E-state index in [9.17, 15) is 0 Å². The van der Waals surface area contributed by atoms with Crippen LogP contribution in [0.2, 0.25) is 0 Å². The minimum atomic E-state index is 0.540. The van der Waals surface area contributed by atoms with Gasteiger partial charge in [-0.25, -0.2) is 0 Å². The molecule has 0 saturated heterocycles. The maximum atomic E-state index is 5.75. The van der Waals surface area contributed by atoms with Gasteiger partial charge in [0.2, 0.25) is 0 Å². The van der Waals surface area contributed by atoms with E-state index in [0.717, 1.165) is 6.42 Å². The highest BCUT2D eigenvalue weighted by atomic mass is 14.6. The summed E-state index contributed by atoms with van der Waals surface area (Å²) >= 11 is 0. The Hall–Kier alpha value is -0.890. The quantitative estimate of drug-likeness (QED) is 0.804. The third-order valence-electron chi connectivity index (χ3n) is 2.75. The van der Waals surface area contributed by atoms with Gasteiger partial charge in [-0.15, -0.1) is 0 Å². The highest BCUT2D eigenvalue weighted by Gasteiger charge is 2.11. The molecule has 1 aromatic rings. The van der Waals surface area contributed by atoms with Crippen LogP contribution in [0.3, 0.4) is 0 Å². The number of hydrogen-bond donors (Lipinski definition) is 1. The molecule has 15 heavy (non-hydrogen) atoms. The molecule has 1 heterocycles.